The van der Waals surface area contributed by atoms with Gasteiger partial charge in [-0.15, -0.1) is 0 Å². The number of carbonyl (C=O) groups is 3. The number of piperidine rings is 1. The normalized spacial score (nSPS) is 20.8. The van der Waals surface area contributed by atoms with Gasteiger partial charge in [0.1, 0.15) is 11.8 Å². The first kappa shape index (κ1) is 29.9. The Kier molecular flexibility index (Phi) is 11.4. The summed E-state index contributed by atoms with van der Waals surface area (Å²) >= 11 is 0. The molecule has 1 atom stereocenters. The Hall–Kier alpha value is -2.61. The minimum absolute atomic E-state index is 0.0279. The maximum atomic E-state index is 13.5. The molecule has 2 aliphatic rings. The second-order valence-corrected chi connectivity index (χ2v) is 11.3. The predicted octanol–water partition coefficient (Wildman–Crippen LogP) is 3.90. The summed E-state index contributed by atoms with van der Waals surface area (Å²) in [5.41, 5.74) is 0.489. The number of ether oxygens (including phenoxy) is 1. The van der Waals surface area contributed by atoms with E-state index < -0.39 is 6.04 Å². The van der Waals surface area contributed by atoms with Crippen LogP contribution in [0.2, 0.25) is 0 Å². The fourth-order valence-corrected chi connectivity index (χ4v) is 5.53. The molecule has 1 aromatic rings. The first-order valence-electron chi connectivity index (χ1n) is 14.4. The molecule has 1 saturated heterocycles. The molecule has 0 spiro atoms. The molecular weight excluding hydrogens is 480 g/mol. The third kappa shape index (κ3) is 7.95. The Labute approximate surface area is 229 Å². The van der Waals surface area contributed by atoms with Gasteiger partial charge in [-0.25, -0.2) is 0 Å². The highest BCUT2D eigenvalue weighted by Gasteiger charge is 2.31. The van der Waals surface area contributed by atoms with Gasteiger partial charge in [0.2, 0.25) is 11.8 Å². The lowest BCUT2D eigenvalue weighted by Gasteiger charge is -2.35. The standard InChI is InChI=1S/C30H48N4O4/c1-23(2)34-20-16-24(17-21-34)28(35)31(3)19-11-9-14-26-30(37)32(4)18-10-6-12-22-38-27-15-8-7-13-25(27)29(36)33(26)5/h7-8,13,15,23-24,26H,6,9-12,14,16-22H2,1-5H3/t26-/m0/s1. The number of carbonyl (C=O) groups excluding carboxylic acids is 3. The van der Waals surface area contributed by atoms with E-state index >= 15 is 0 Å². The third-order valence-electron chi connectivity index (χ3n) is 8.17. The summed E-state index contributed by atoms with van der Waals surface area (Å²) in [6, 6.07) is 7.26. The van der Waals surface area contributed by atoms with Gasteiger partial charge in [-0.1, -0.05) is 12.1 Å². The average Bonchev–Trinajstić information content (AvgIpc) is 2.93. The molecule has 3 rings (SSSR count). The fraction of sp³-hybridized carbons (Fsp3) is 0.700. The van der Waals surface area contributed by atoms with Crippen LogP contribution in [0.15, 0.2) is 24.3 Å². The van der Waals surface area contributed by atoms with Crippen molar-refractivity contribution in [1.82, 2.24) is 19.6 Å². The number of hydrogen-bond acceptors (Lipinski definition) is 5. The van der Waals surface area contributed by atoms with Crippen molar-refractivity contribution in [3.63, 3.8) is 0 Å². The van der Waals surface area contributed by atoms with Crippen LogP contribution in [0.5, 0.6) is 5.75 Å². The highest BCUT2D eigenvalue weighted by molar-refractivity contribution is 5.99. The molecule has 2 heterocycles. The summed E-state index contributed by atoms with van der Waals surface area (Å²) in [6.07, 6.45) is 6.69. The van der Waals surface area contributed by atoms with Crippen LogP contribution in [0.4, 0.5) is 0 Å². The molecular formula is C30H48N4O4. The van der Waals surface area contributed by atoms with Gasteiger partial charge in [0.05, 0.1) is 12.2 Å². The van der Waals surface area contributed by atoms with Crippen molar-refractivity contribution in [2.45, 2.75) is 77.3 Å². The Morgan fingerprint density at radius 1 is 1.03 bits per heavy atom. The second-order valence-electron chi connectivity index (χ2n) is 11.3. The lowest BCUT2D eigenvalue weighted by Crippen LogP contribution is -2.48. The summed E-state index contributed by atoms with van der Waals surface area (Å²) in [5, 5.41) is 0. The van der Waals surface area contributed by atoms with E-state index in [4.69, 9.17) is 4.74 Å². The van der Waals surface area contributed by atoms with Gasteiger partial charge in [0, 0.05) is 46.2 Å². The number of fused-ring (bicyclic) bond motifs is 1. The van der Waals surface area contributed by atoms with E-state index in [0.717, 1.165) is 58.0 Å². The molecule has 0 bridgehead atoms. The van der Waals surface area contributed by atoms with E-state index in [1.807, 2.05) is 37.2 Å². The van der Waals surface area contributed by atoms with Gasteiger partial charge in [-0.05, 0) is 90.4 Å². The van der Waals surface area contributed by atoms with Crippen molar-refractivity contribution in [2.75, 3.05) is 53.9 Å². The van der Waals surface area contributed by atoms with Crippen molar-refractivity contribution in [1.29, 1.82) is 0 Å². The molecule has 3 amide bonds. The van der Waals surface area contributed by atoms with Crippen molar-refractivity contribution < 1.29 is 19.1 Å². The van der Waals surface area contributed by atoms with Crippen LogP contribution in [0.25, 0.3) is 0 Å². The quantitative estimate of drug-likeness (QED) is 0.502. The lowest BCUT2D eigenvalue weighted by atomic mass is 9.94. The van der Waals surface area contributed by atoms with E-state index in [-0.39, 0.29) is 23.6 Å². The average molecular weight is 529 g/mol. The molecule has 0 unspecified atom stereocenters. The molecule has 0 radical (unpaired) electrons. The van der Waals surface area contributed by atoms with Crippen LogP contribution in [0, 0.1) is 5.92 Å². The molecule has 8 nitrogen and oxygen atoms in total. The summed E-state index contributed by atoms with van der Waals surface area (Å²) in [6.45, 7) is 8.25. The molecule has 2 aliphatic heterocycles. The molecule has 212 valence electrons. The van der Waals surface area contributed by atoms with Gasteiger partial charge in [0.25, 0.3) is 5.91 Å². The molecule has 8 heteroatoms. The number of amides is 3. The maximum absolute atomic E-state index is 13.5. The number of benzene rings is 1. The molecule has 1 fully saturated rings. The number of nitrogens with zero attached hydrogens (tertiary/aromatic N) is 4. The van der Waals surface area contributed by atoms with Crippen LogP contribution >= 0.6 is 0 Å². The van der Waals surface area contributed by atoms with Crippen LogP contribution < -0.4 is 4.74 Å². The van der Waals surface area contributed by atoms with E-state index in [1.54, 1.807) is 22.9 Å². The first-order valence-corrected chi connectivity index (χ1v) is 14.4. The summed E-state index contributed by atoms with van der Waals surface area (Å²) in [4.78, 5) is 47.6. The summed E-state index contributed by atoms with van der Waals surface area (Å²) < 4.78 is 5.94. The zero-order chi connectivity index (χ0) is 27.7. The lowest BCUT2D eigenvalue weighted by molar-refractivity contribution is -0.136. The van der Waals surface area contributed by atoms with E-state index in [1.165, 1.54) is 0 Å². The minimum Gasteiger partial charge on any atom is -0.493 e. The zero-order valence-electron chi connectivity index (χ0n) is 24.2. The van der Waals surface area contributed by atoms with Gasteiger partial charge in [0.15, 0.2) is 0 Å². The van der Waals surface area contributed by atoms with E-state index in [0.29, 0.717) is 43.5 Å². The van der Waals surface area contributed by atoms with Crippen LogP contribution in [-0.4, -0.2) is 103 Å². The van der Waals surface area contributed by atoms with Crippen molar-refractivity contribution in [3.05, 3.63) is 29.8 Å². The predicted molar refractivity (Wildman–Crippen MR) is 150 cm³/mol. The van der Waals surface area contributed by atoms with Crippen LogP contribution in [-0.2, 0) is 9.59 Å². The number of likely N-dealkylation sites (N-methyl/N-ethyl adjacent to an activating group) is 2. The smallest absolute Gasteiger partial charge is 0.258 e. The summed E-state index contributed by atoms with van der Waals surface area (Å²) in [5.74, 6) is 0.677. The number of para-hydroxylation sites is 1. The largest absolute Gasteiger partial charge is 0.493 e. The van der Waals surface area contributed by atoms with Gasteiger partial charge >= 0.3 is 0 Å². The molecule has 0 saturated carbocycles. The highest BCUT2D eigenvalue weighted by Crippen LogP contribution is 2.24. The van der Waals surface area contributed by atoms with Crippen molar-refractivity contribution >= 4 is 17.7 Å². The second kappa shape index (κ2) is 14.5. The SMILES string of the molecule is CC(C)N1CCC(C(=O)N(C)CCCC[C@H]2C(=O)N(C)CCCCCOc3ccccc3C(=O)N2C)CC1. The van der Waals surface area contributed by atoms with E-state index in [9.17, 15) is 14.4 Å². The van der Waals surface area contributed by atoms with Crippen LogP contribution in [0.3, 0.4) is 0 Å². The van der Waals surface area contributed by atoms with Crippen LogP contribution in [0.1, 0.15) is 75.6 Å². The van der Waals surface area contributed by atoms with Gasteiger partial charge < -0.3 is 24.3 Å². The Bertz CT molecular complexity index is 929. The molecule has 38 heavy (non-hydrogen) atoms. The van der Waals surface area contributed by atoms with Crippen molar-refractivity contribution in [2.24, 2.45) is 5.92 Å². The monoisotopic (exact) mass is 528 g/mol. The highest BCUT2D eigenvalue weighted by atomic mass is 16.5. The van der Waals surface area contributed by atoms with Gasteiger partial charge in [-0.3, -0.25) is 14.4 Å². The fourth-order valence-electron chi connectivity index (χ4n) is 5.53. The first-order chi connectivity index (χ1) is 18.2. The number of rotatable bonds is 7. The number of hydrogen-bond donors (Lipinski definition) is 0. The Morgan fingerprint density at radius 3 is 2.45 bits per heavy atom. The summed E-state index contributed by atoms with van der Waals surface area (Å²) in [7, 11) is 5.44. The molecule has 0 aliphatic carbocycles. The topological polar surface area (TPSA) is 73.4 Å². The van der Waals surface area contributed by atoms with Gasteiger partial charge in [-0.2, -0.15) is 0 Å². The third-order valence-corrected chi connectivity index (χ3v) is 8.17. The Morgan fingerprint density at radius 2 is 1.74 bits per heavy atom. The number of unbranched alkanes of at least 4 members (excludes halogenated alkanes) is 1. The molecule has 0 aromatic heterocycles. The number of likely N-dealkylation sites (tertiary alicyclic amines) is 1. The molecule has 1 aromatic carbocycles. The van der Waals surface area contributed by atoms with Crippen molar-refractivity contribution in [3.8, 4) is 5.75 Å². The molecule has 0 N–H and O–H groups in total. The zero-order valence-corrected chi connectivity index (χ0v) is 24.2. The minimum atomic E-state index is -0.553. The maximum Gasteiger partial charge on any atom is 0.258 e. The Balaban J connectivity index is 1.60. The van der Waals surface area contributed by atoms with E-state index in [2.05, 4.69) is 18.7 Å².